The number of aryl methyl sites for hydroxylation is 1. The van der Waals surface area contributed by atoms with Gasteiger partial charge >= 0.3 is 6.09 Å². The van der Waals surface area contributed by atoms with Crippen molar-refractivity contribution in [3.8, 4) is 0 Å². The van der Waals surface area contributed by atoms with Gasteiger partial charge in [0.05, 0.1) is 22.5 Å². The van der Waals surface area contributed by atoms with Crippen LogP contribution in [-0.2, 0) is 32.0 Å². The SMILES string of the molecule is Cc1ccc(S(=O)(=O)OCCn2c(CCNC(=O)OC(C)(C)C)nc3ccc(Br)cc32)cc1. The number of nitrogens with one attached hydrogen (secondary N) is 1. The fourth-order valence-corrected chi connectivity index (χ4v) is 4.44. The van der Waals surface area contributed by atoms with Gasteiger partial charge in [0, 0.05) is 24.0 Å². The van der Waals surface area contributed by atoms with Gasteiger partial charge in [0.25, 0.3) is 10.1 Å². The van der Waals surface area contributed by atoms with E-state index >= 15 is 0 Å². The lowest BCUT2D eigenvalue weighted by Crippen LogP contribution is -2.33. The third kappa shape index (κ3) is 7.02. The topological polar surface area (TPSA) is 99.5 Å². The molecule has 1 heterocycles. The second kappa shape index (κ2) is 10.2. The number of ether oxygens (including phenoxy) is 1. The van der Waals surface area contributed by atoms with Crippen LogP contribution >= 0.6 is 15.9 Å². The number of aromatic nitrogens is 2. The highest BCUT2D eigenvalue weighted by Crippen LogP contribution is 2.22. The van der Waals surface area contributed by atoms with Crippen LogP contribution in [-0.4, -0.2) is 42.8 Å². The van der Waals surface area contributed by atoms with Crippen LogP contribution in [0.2, 0.25) is 0 Å². The average molecular weight is 538 g/mol. The third-order valence-electron chi connectivity index (χ3n) is 4.67. The Morgan fingerprint density at radius 2 is 1.85 bits per heavy atom. The molecule has 0 aliphatic carbocycles. The summed E-state index contributed by atoms with van der Waals surface area (Å²) in [6, 6.07) is 12.2. The van der Waals surface area contributed by atoms with Gasteiger partial charge in [0.2, 0.25) is 0 Å². The molecule has 0 saturated carbocycles. The maximum Gasteiger partial charge on any atom is 0.407 e. The van der Waals surface area contributed by atoms with E-state index in [2.05, 4.69) is 26.2 Å². The quantitative estimate of drug-likeness (QED) is 0.422. The fraction of sp³-hybridized carbons (Fsp3) is 0.391. The van der Waals surface area contributed by atoms with Gasteiger partial charge in [-0.2, -0.15) is 8.42 Å². The molecular weight excluding hydrogens is 510 g/mol. The molecule has 0 radical (unpaired) electrons. The predicted octanol–water partition coefficient (Wildman–Crippen LogP) is 4.58. The van der Waals surface area contributed by atoms with Crippen LogP contribution in [0.4, 0.5) is 4.79 Å². The summed E-state index contributed by atoms with van der Waals surface area (Å²) in [5.41, 5.74) is 2.00. The van der Waals surface area contributed by atoms with Crippen LogP contribution in [0.5, 0.6) is 0 Å². The molecule has 0 atom stereocenters. The molecule has 178 valence electrons. The number of carbonyl (C=O) groups is 1. The molecule has 3 aromatic rings. The highest BCUT2D eigenvalue weighted by atomic mass is 79.9. The fourth-order valence-electron chi connectivity index (χ4n) is 3.19. The summed E-state index contributed by atoms with van der Waals surface area (Å²) in [6.07, 6.45) is -0.0589. The first kappa shape index (κ1) is 25.2. The number of hydrogen-bond donors (Lipinski definition) is 1. The lowest BCUT2D eigenvalue weighted by molar-refractivity contribution is 0.0528. The molecule has 0 saturated heterocycles. The van der Waals surface area contributed by atoms with E-state index in [4.69, 9.17) is 8.92 Å². The van der Waals surface area contributed by atoms with Gasteiger partial charge in [-0.25, -0.2) is 9.78 Å². The summed E-state index contributed by atoms with van der Waals surface area (Å²) in [6.45, 7) is 7.83. The average Bonchev–Trinajstić information content (AvgIpc) is 3.03. The van der Waals surface area contributed by atoms with Gasteiger partial charge in [-0.05, 0) is 58.0 Å². The Labute approximate surface area is 202 Å². The molecule has 2 aromatic carbocycles. The highest BCUT2D eigenvalue weighted by Gasteiger charge is 2.18. The Hall–Kier alpha value is -2.43. The number of benzene rings is 2. The smallest absolute Gasteiger partial charge is 0.407 e. The summed E-state index contributed by atoms with van der Waals surface area (Å²) >= 11 is 3.47. The Morgan fingerprint density at radius 1 is 1.15 bits per heavy atom. The van der Waals surface area contributed by atoms with E-state index in [9.17, 15) is 13.2 Å². The van der Waals surface area contributed by atoms with Gasteiger partial charge < -0.3 is 14.6 Å². The molecule has 1 amide bonds. The zero-order valence-corrected chi connectivity index (χ0v) is 21.5. The van der Waals surface area contributed by atoms with Crippen molar-refractivity contribution in [2.24, 2.45) is 0 Å². The van der Waals surface area contributed by atoms with Crippen LogP contribution in [0, 0.1) is 6.92 Å². The Bertz CT molecular complexity index is 1230. The monoisotopic (exact) mass is 537 g/mol. The Morgan fingerprint density at radius 3 is 2.52 bits per heavy atom. The Kier molecular flexibility index (Phi) is 7.81. The second-order valence-corrected chi connectivity index (χ2v) is 11.1. The lowest BCUT2D eigenvalue weighted by atomic mass is 10.2. The maximum atomic E-state index is 12.5. The van der Waals surface area contributed by atoms with Crippen molar-refractivity contribution < 1.29 is 22.1 Å². The molecule has 0 bridgehead atoms. The predicted molar refractivity (Wildman–Crippen MR) is 130 cm³/mol. The minimum atomic E-state index is -3.87. The number of alkyl carbamates (subject to hydrolysis) is 1. The summed E-state index contributed by atoms with van der Waals surface area (Å²) < 4.78 is 38.4. The zero-order valence-electron chi connectivity index (χ0n) is 19.1. The van der Waals surface area contributed by atoms with Crippen LogP contribution in [0.15, 0.2) is 51.8 Å². The molecule has 3 rings (SSSR count). The van der Waals surface area contributed by atoms with Crippen LogP contribution in [0.1, 0.15) is 32.2 Å². The minimum absolute atomic E-state index is 0.0549. The zero-order chi connectivity index (χ0) is 24.2. The van der Waals surface area contributed by atoms with E-state index in [1.54, 1.807) is 32.9 Å². The van der Waals surface area contributed by atoms with Crippen molar-refractivity contribution in [2.75, 3.05) is 13.2 Å². The van der Waals surface area contributed by atoms with E-state index in [1.165, 1.54) is 12.1 Å². The summed E-state index contributed by atoms with van der Waals surface area (Å²) in [4.78, 5) is 16.7. The van der Waals surface area contributed by atoms with Crippen LogP contribution < -0.4 is 5.32 Å². The van der Waals surface area contributed by atoms with Crippen molar-refractivity contribution in [2.45, 2.75) is 51.2 Å². The molecule has 0 fully saturated rings. The number of hydrogen-bond acceptors (Lipinski definition) is 6. The molecule has 0 aliphatic rings. The summed E-state index contributed by atoms with van der Waals surface area (Å²) in [5.74, 6) is 0.704. The highest BCUT2D eigenvalue weighted by molar-refractivity contribution is 9.10. The van der Waals surface area contributed by atoms with E-state index < -0.39 is 21.8 Å². The first-order valence-corrected chi connectivity index (χ1v) is 12.7. The van der Waals surface area contributed by atoms with Gasteiger partial charge in [-0.3, -0.25) is 4.18 Å². The van der Waals surface area contributed by atoms with E-state index in [0.29, 0.717) is 18.8 Å². The standard InChI is InChI=1S/C23H28BrN3O5S/c1-16-5-8-18(9-6-16)33(29,30)31-14-13-27-20-15-17(24)7-10-19(20)26-21(27)11-12-25-22(28)32-23(2,3)4/h5-10,15H,11-14H2,1-4H3,(H,25,28). The maximum absolute atomic E-state index is 12.5. The van der Waals surface area contributed by atoms with Crippen molar-refractivity contribution in [1.82, 2.24) is 14.9 Å². The lowest BCUT2D eigenvalue weighted by Gasteiger charge is -2.19. The third-order valence-corrected chi connectivity index (χ3v) is 6.49. The molecule has 0 aliphatic heterocycles. The summed E-state index contributed by atoms with van der Waals surface area (Å²) in [5, 5.41) is 2.73. The molecule has 0 unspecified atom stereocenters. The van der Waals surface area contributed by atoms with Gasteiger partial charge in [-0.15, -0.1) is 0 Å². The Balaban J connectivity index is 1.72. The number of imidazole rings is 1. The van der Waals surface area contributed by atoms with Crippen molar-refractivity contribution in [1.29, 1.82) is 0 Å². The number of fused-ring (bicyclic) bond motifs is 1. The number of amides is 1. The molecule has 8 nitrogen and oxygen atoms in total. The summed E-state index contributed by atoms with van der Waals surface area (Å²) in [7, 11) is -3.87. The minimum Gasteiger partial charge on any atom is -0.444 e. The van der Waals surface area contributed by atoms with Crippen molar-refractivity contribution in [3.05, 3.63) is 58.3 Å². The number of nitrogens with zero attached hydrogens (tertiary/aromatic N) is 2. The van der Waals surface area contributed by atoms with Crippen molar-refractivity contribution >= 4 is 43.2 Å². The molecule has 10 heteroatoms. The number of halogens is 1. The molecule has 0 spiro atoms. The van der Waals surface area contributed by atoms with E-state index in [-0.39, 0.29) is 18.0 Å². The normalized spacial score (nSPS) is 12.2. The van der Waals surface area contributed by atoms with E-state index in [0.717, 1.165) is 21.1 Å². The van der Waals surface area contributed by atoms with Crippen LogP contribution in [0.3, 0.4) is 0 Å². The molecule has 33 heavy (non-hydrogen) atoms. The van der Waals surface area contributed by atoms with Gasteiger partial charge in [-0.1, -0.05) is 33.6 Å². The number of rotatable bonds is 8. The molecular formula is C23H28BrN3O5S. The van der Waals surface area contributed by atoms with Crippen molar-refractivity contribution in [3.63, 3.8) is 0 Å². The number of carbonyl (C=O) groups excluding carboxylic acids is 1. The van der Waals surface area contributed by atoms with Gasteiger partial charge in [0.15, 0.2) is 0 Å². The van der Waals surface area contributed by atoms with Gasteiger partial charge in [0.1, 0.15) is 11.4 Å². The first-order valence-electron chi connectivity index (χ1n) is 10.5. The van der Waals surface area contributed by atoms with E-state index in [1.807, 2.05) is 29.7 Å². The largest absolute Gasteiger partial charge is 0.444 e. The second-order valence-electron chi connectivity index (χ2n) is 8.58. The molecule has 1 aromatic heterocycles. The first-order chi connectivity index (χ1) is 15.4. The van der Waals surface area contributed by atoms with Crippen LogP contribution in [0.25, 0.3) is 11.0 Å². The molecule has 1 N–H and O–H groups in total.